The molecule has 7 heteroatoms. The molecule has 0 aromatic heterocycles. The average molecular weight is 498 g/mol. The normalized spacial score (nSPS) is 11.8. The second kappa shape index (κ2) is 22.6. The number of hydrogen-bond acceptors (Lipinski definition) is 4. The zero-order valence-electron chi connectivity index (χ0n) is 22.2. The molecule has 0 heterocycles. The van der Waals surface area contributed by atoms with Crippen LogP contribution < -0.4 is 5.11 Å². The van der Waals surface area contributed by atoms with Crippen LogP contribution in [-0.2, 0) is 14.4 Å². The summed E-state index contributed by atoms with van der Waals surface area (Å²) in [6.45, 7) is 4.94. The fraction of sp³-hybridized carbons (Fsp3) is 0.821. The lowest BCUT2D eigenvalue weighted by molar-refractivity contribution is -0.929. The monoisotopic (exact) mass is 497 g/mol. The molecule has 0 aromatic rings. The summed E-state index contributed by atoms with van der Waals surface area (Å²) < 4.78 is 0.593. The van der Waals surface area contributed by atoms with Crippen molar-refractivity contribution < 1.29 is 34.2 Å². The largest absolute Gasteiger partial charge is 0.550 e. The summed E-state index contributed by atoms with van der Waals surface area (Å²) >= 11 is 0. The van der Waals surface area contributed by atoms with Crippen LogP contribution in [0.4, 0.5) is 0 Å². The van der Waals surface area contributed by atoms with Gasteiger partial charge in [-0.1, -0.05) is 64.0 Å². The minimum absolute atomic E-state index is 0.0284. The van der Waals surface area contributed by atoms with E-state index in [4.69, 9.17) is 10.2 Å². The number of quaternary nitrogens is 1. The van der Waals surface area contributed by atoms with Gasteiger partial charge < -0.3 is 24.6 Å². The van der Waals surface area contributed by atoms with Crippen molar-refractivity contribution in [2.24, 2.45) is 0 Å². The standard InChI is InChI=1S/C28H51NO6/c1-2-3-4-5-6-7-8-9-10-11-12-13-14-15-22-29(23-16-19-26(30)31,24-17-20-27(32)33)25-18-21-28(34)35/h11-12H,2-10,13-25H2,1H3,(H2-,30,31,32,33,34,35)/b12-11+. The lowest BCUT2D eigenvalue weighted by atomic mass is 10.1. The number of carboxylic acid groups (broad SMARTS) is 3. The highest BCUT2D eigenvalue weighted by Crippen LogP contribution is 2.18. The van der Waals surface area contributed by atoms with Crippen LogP contribution >= 0.6 is 0 Å². The van der Waals surface area contributed by atoms with Gasteiger partial charge in [0.2, 0.25) is 0 Å². The molecular weight excluding hydrogens is 446 g/mol. The molecule has 7 nitrogen and oxygen atoms in total. The number of allylic oxidation sites excluding steroid dienone is 2. The van der Waals surface area contributed by atoms with E-state index in [1.807, 2.05) is 0 Å². The molecule has 0 spiro atoms. The number of carbonyl (C=O) groups is 3. The Labute approximate surface area is 213 Å². The maximum absolute atomic E-state index is 11.0. The molecule has 0 atom stereocenters. The van der Waals surface area contributed by atoms with E-state index in [9.17, 15) is 19.5 Å². The third kappa shape index (κ3) is 22.3. The van der Waals surface area contributed by atoms with E-state index in [0.717, 1.165) is 32.2 Å². The van der Waals surface area contributed by atoms with Crippen molar-refractivity contribution in [3.63, 3.8) is 0 Å². The number of rotatable bonds is 26. The lowest BCUT2D eigenvalue weighted by Crippen LogP contribution is -2.51. The minimum Gasteiger partial charge on any atom is -0.550 e. The van der Waals surface area contributed by atoms with Crippen LogP contribution in [-0.4, -0.2) is 58.8 Å². The predicted octanol–water partition coefficient (Wildman–Crippen LogP) is 5.32. The maximum atomic E-state index is 11.0. The van der Waals surface area contributed by atoms with Crippen molar-refractivity contribution in [3.05, 3.63) is 12.2 Å². The summed E-state index contributed by atoms with van der Waals surface area (Å²) in [6.07, 6.45) is 20.8. The van der Waals surface area contributed by atoms with Crippen molar-refractivity contribution in [2.75, 3.05) is 26.2 Å². The highest BCUT2D eigenvalue weighted by atomic mass is 16.4. The Balaban J connectivity index is 4.46. The van der Waals surface area contributed by atoms with Gasteiger partial charge in [0, 0.05) is 25.2 Å². The van der Waals surface area contributed by atoms with Crippen LogP contribution in [0.3, 0.4) is 0 Å². The maximum Gasteiger partial charge on any atom is 0.303 e. The molecule has 0 aromatic carbocycles. The molecule has 0 unspecified atom stereocenters. The topological polar surface area (TPSA) is 115 Å². The first-order valence-corrected chi connectivity index (χ1v) is 13.9. The Morgan fingerprint density at radius 1 is 0.600 bits per heavy atom. The molecule has 0 amide bonds. The Kier molecular flexibility index (Phi) is 21.3. The zero-order chi connectivity index (χ0) is 26.2. The molecule has 0 aliphatic rings. The lowest BCUT2D eigenvalue weighted by Gasteiger charge is -2.39. The summed E-state index contributed by atoms with van der Waals surface area (Å²) in [5, 5.41) is 29.0. The van der Waals surface area contributed by atoms with Crippen molar-refractivity contribution >= 4 is 17.9 Å². The molecule has 0 saturated carbocycles. The predicted molar refractivity (Wildman–Crippen MR) is 138 cm³/mol. The highest BCUT2D eigenvalue weighted by Gasteiger charge is 2.26. The molecular formula is C28H51NO6. The summed E-state index contributed by atoms with van der Waals surface area (Å²) in [5.41, 5.74) is 0. The van der Waals surface area contributed by atoms with Crippen molar-refractivity contribution in [2.45, 2.75) is 122 Å². The Hall–Kier alpha value is -1.89. The summed E-state index contributed by atoms with van der Waals surface area (Å²) in [6, 6.07) is 0. The van der Waals surface area contributed by atoms with Gasteiger partial charge in [0.05, 0.1) is 39.0 Å². The zero-order valence-corrected chi connectivity index (χ0v) is 22.2. The number of hydrogen-bond donors (Lipinski definition) is 2. The molecule has 35 heavy (non-hydrogen) atoms. The van der Waals surface area contributed by atoms with E-state index in [-0.39, 0.29) is 19.3 Å². The van der Waals surface area contributed by atoms with Crippen molar-refractivity contribution in [3.8, 4) is 0 Å². The number of unbranched alkanes of at least 4 members (excludes halogenated alkanes) is 10. The van der Waals surface area contributed by atoms with E-state index in [1.165, 1.54) is 51.4 Å². The van der Waals surface area contributed by atoms with E-state index >= 15 is 0 Å². The molecule has 2 N–H and O–H groups in total. The number of carboxylic acids is 3. The fourth-order valence-corrected chi connectivity index (χ4v) is 4.70. The van der Waals surface area contributed by atoms with Crippen molar-refractivity contribution in [1.29, 1.82) is 0 Å². The van der Waals surface area contributed by atoms with Gasteiger partial charge in [0.25, 0.3) is 0 Å². The van der Waals surface area contributed by atoms with Crippen LogP contribution in [0.1, 0.15) is 122 Å². The quantitative estimate of drug-likeness (QED) is 0.0949. The SMILES string of the molecule is CCCCCCCCCC/C=C/CCCC[N+](CCCC(=O)[O-])(CCCC(=O)O)CCCC(=O)O. The number of aliphatic carboxylic acids is 3. The van der Waals surface area contributed by atoms with Gasteiger partial charge >= 0.3 is 11.9 Å². The van der Waals surface area contributed by atoms with E-state index in [0.29, 0.717) is 43.4 Å². The Bertz CT molecular complexity index is 540. The second-order valence-electron chi connectivity index (χ2n) is 9.94. The van der Waals surface area contributed by atoms with Gasteiger partial charge in [-0.2, -0.15) is 0 Å². The Morgan fingerprint density at radius 2 is 1.00 bits per heavy atom. The molecule has 0 fully saturated rings. The smallest absolute Gasteiger partial charge is 0.303 e. The molecule has 0 saturated heterocycles. The fourth-order valence-electron chi connectivity index (χ4n) is 4.70. The van der Waals surface area contributed by atoms with Gasteiger partial charge in [0.15, 0.2) is 0 Å². The highest BCUT2D eigenvalue weighted by molar-refractivity contribution is 5.66. The third-order valence-electron chi connectivity index (χ3n) is 6.70. The Morgan fingerprint density at radius 3 is 1.46 bits per heavy atom. The van der Waals surface area contributed by atoms with Gasteiger partial charge in [-0.25, -0.2) is 0 Å². The van der Waals surface area contributed by atoms with Crippen LogP contribution in [0.25, 0.3) is 0 Å². The van der Waals surface area contributed by atoms with Crippen LogP contribution in [0, 0.1) is 0 Å². The van der Waals surface area contributed by atoms with Gasteiger partial charge in [-0.05, 0) is 38.5 Å². The minimum atomic E-state index is -1.08. The molecule has 0 radical (unpaired) electrons. The van der Waals surface area contributed by atoms with Crippen molar-refractivity contribution in [1.82, 2.24) is 0 Å². The summed E-state index contributed by atoms with van der Waals surface area (Å²) in [5.74, 6) is -2.77. The number of nitrogens with zero attached hydrogens (tertiary/aromatic N) is 1. The second-order valence-corrected chi connectivity index (χ2v) is 9.94. The van der Waals surface area contributed by atoms with Crippen LogP contribution in [0.5, 0.6) is 0 Å². The molecule has 0 bridgehead atoms. The van der Waals surface area contributed by atoms with Gasteiger partial charge in [-0.15, -0.1) is 0 Å². The van der Waals surface area contributed by atoms with E-state index < -0.39 is 17.9 Å². The molecule has 0 aliphatic heterocycles. The first-order chi connectivity index (χ1) is 16.8. The summed E-state index contributed by atoms with van der Waals surface area (Å²) in [4.78, 5) is 32.9. The van der Waals surface area contributed by atoms with E-state index in [1.54, 1.807) is 0 Å². The third-order valence-corrected chi connectivity index (χ3v) is 6.70. The first-order valence-electron chi connectivity index (χ1n) is 13.9. The molecule has 0 aliphatic carbocycles. The van der Waals surface area contributed by atoms with Gasteiger partial charge in [0.1, 0.15) is 0 Å². The van der Waals surface area contributed by atoms with Gasteiger partial charge in [-0.3, -0.25) is 9.59 Å². The van der Waals surface area contributed by atoms with Crippen LogP contribution in [0.2, 0.25) is 0 Å². The average Bonchev–Trinajstić information content (AvgIpc) is 2.78. The number of carbonyl (C=O) groups excluding carboxylic acids is 1. The van der Waals surface area contributed by atoms with Crippen LogP contribution in [0.15, 0.2) is 12.2 Å². The van der Waals surface area contributed by atoms with E-state index in [2.05, 4.69) is 19.1 Å². The summed E-state index contributed by atoms with van der Waals surface area (Å²) in [7, 11) is 0. The molecule has 0 rings (SSSR count). The first kappa shape index (κ1) is 33.1. The molecule has 204 valence electrons.